The summed E-state index contributed by atoms with van der Waals surface area (Å²) in [6, 6.07) is 16.4. The number of anilines is 1. The molecule has 0 aliphatic carbocycles. The Morgan fingerprint density at radius 3 is 2.50 bits per heavy atom. The lowest BCUT2D eigenvalue weighted by molar-refractivity contribution is 0.100. The monoisotopic (exact) mass is 402 g/mol. The maximum atomic E-state index is 14.6. The first-order chi connectivity index (χ1) is 14.5. The number of nitrogens with zero attached hydrogens (tertiary/aromatic N) is 2. The van der Waals surface area contributed by atoms with E-state index in [-0.39, 0.29) is 5.82 Å². The minimum atomic E-state index is -0.508. The van der Waals surface area contributed by atoms with Crippen molar-refractivity contribution in [3.63, 3.8) is 0 Å². The van der Waals surface area contributed by atoms with Crippen LogP contribution in [0.5, 0.6) is 0 Å². The van der Waals surface area contributed by atoms with Crippen LogP contribution in [0, 0.1) is 5.82 Å². The van der Waals surface area contributed by atoms with Gasteiger partial charge in [-0.15, -0.1) is 0 Å². The molecular weight excluding hydrogens is 379 g/mol. The van der Waals surface area contributed by atoms with E-state index in [1.54, 1.807) is 24.3 Å². The molecular formula is C24H23FN4O. The highest BCUT2D eigenvalue weighted by Crippen LogP contribution is 2.38. The van der Waals surface area contributed by atoms with Gasteiger partial charge in [0.2, 0.25) is 0 Å². The van der Waals surface area contributed by atoms with Gasteiger partial charge in [0.15, 0.2) is 0 Å². The molecule has 1 aliphatic rings. The first kappa shape index (κ1) is 18.6. The van der Waals surface area contributed by atoms with Gasteiger partial charge in [0, 0.05) is 53.7 Å². The zero-order chi connectivity index (χ0) is 20.8. The molecule has 30 heavy (non-hydrogen) atoms. The zero-order valence-corrected chi connectivity index (χ0v) is 16.8. The molecule has 0 atom stereocenters. The number of likely N-dealkylation sites (N-methyl/N-ethyl adjacent to an activating group) is 1. The van der Waals surface area contributed by atoms with E-state index in [4.69, 9.17) is 5.73 Å². The van der Waals surface area contributed by atoms with Crippen molar-refractivity contribution in [3.8, 4) is 11.1 Å². The van der Waals surface area contributed by atoms with Gasteiger partial charge in [-0.25, -0.2) is 4.39 Å². The molecule has 1 saturated heterocycles. The van der Waals surface area contributed by atoms with Gasteiger partial charge in [0.1, 0.15) is 5.82 Å². The molecule has 1 amide bonds. The molecule has 0 spiro atoms. The molecule has 4 aromatic rings. The van der Waals surface area contributed by atoms with Crippen LogP contribution in [0.4, 0.5) is 10.1 Å². The topological polar surface area (TPSA) is 65.4 Å². The quantitative estimate of drug-likeness (QED) is 0.545. The number of carbonyl (C=O) groups is 1. The third-order valence-corrected chi connectivity index (χ3v) is 6.04. The zero-order valence-electron chi connectivity index (χ0n) is 16.8. The fourth-order valence-electron chi connectivity index (χ4n) is 4.37. The van der Waals surface area contributed by atoms with Crippen molar-refractivity contribution in [3.05, 3.63) is 66.0 Å². The first-order valence-electron chi connectivity index (χ1n) is 10.1. The molecule has 6 heteroatoms. The summed E-state index contributed by atoms with van der Waals surface area (Å²) in [7, 11) is 2.13. The number of aromatic nitrogens is 1. The lowest BCUT2D eigenvalue weighted by Crippen LogP contribution is -2.44. The van der Waals surface area contributed by atoms with Gasteiger partial charge in [-0.3, -0.25) is 4.79 Å². The minimum Gasteiger partial charge on any atom is -0.369 e. The Labute approximate surface area is 173 Å². The normalized spacial score (nSPS) is 15.2. The molecule has 1 aliphatic heterocycles. The Hall–Kier alpha value is -3.38. The van der Waals surface area contributed by atoms with E-state index in [0.29, 0.717) is 16.6 Å². The van der Waals surface area contributed by atoms with Gasteiger partial charge in [-0.05, 0) is 36.9 Å². The molecule has 3 N–H and O–H groups in total. The van der Waals surface area contributed by atoms with Crippen LogP contribution >= 0.6 is 0 Å². The number of hydrogen-bond donors (Lipinski definition) is 2. The molecule has 5 nitrogen and oxygen atoms in total. The third-order valence-electron chi connectivity index (χ3n) is 6.04. The summed E-state index contributed by atoms with van der Waals surface area (Å²) in [5.74, 6) is -0.806. The molecule has 0 unspecified atom stereocenters. The standard InChI is InChI=1S/C24H23FN4O/c1-28-10-12-29(13-11-28)15-6-7-18-21(14-15)27-23-19(24(26)30)9-8-17(22(18)23)16-4-2-3-5-20(16)25/h2-9,14,27H,10-13H2,1H3,(H2,26,30). The number of halogens is 1. The molecule has 5 rings (SSSR count). The second-order valence-corrected chi connectivity index (χ2v) is 7.90. The Bertz CT molecular complexity index is 1270. The lowest BCUT2D eigenvalue weighted by atomic mass is 9.96. The van der Waals surface area contributed by atoms with Crippen LogP contribution in [0.25, 0.3) is 32.9 Å². The summed E-state index contributed by atoms with van der Waals surface area (Å²) in [6.45, 7) is 3.98. The summed E-state index contributed by atoms with van der Waals surface area (Å²) < 4.78 is 14.6. The minimum absolute atomic E-state index is 0.297. The predicted molar refractivity (Wildman–Crippen MR) is 119 cm³/mol. The van der Waals surface area contributed by atoms with E-state index in [0.717, 1.165) is 53.7 Å². The van der Waals surface area contributed by atoms with Crippen LogP contribution in [0.3, 0.4) is 0 Å². The second-order valence-electron chi connectivity index (χ2n) is 7.90. The summed E-state index contributed by atoms with van der Waals surface area (Å²) >= 11 is 0. The number of benzene rings is 3. The number of rotatable bonds is 3. The van der Waals surface area contributed by atoms with Crippen molar-refractivity contribution in [2.24, 2.45) is 5.73 Å². The number of aromatic amines is 1. The Kier molecular flexibility index (Phi) is 4.44. The van der Waals surface area contributed by atoms with Crippen LogP contribution in [-0.4, -0.2) is 49.0 Å². The van der Waals surface area contributed by atoms with Gasteiger partial charge < -0.3 is 20.5 Å². The Morgan fingerprint density at radius 2 is 1.77 bits per heavy atom. The summed E-state index contributed by atoms with van der Waals surface area (Å²) in [6.07, 6.45) is 0. The molecule has 1 aromatic heterocycles. The van der Waals surface area contributed by atoms with Crippen LogP contribution < -0.4 is 10.6 Å². The number of carbonyl (C=O) groups excluding carboxylic acids is 1. The number of fused-ring (bicyclic) bond motifs is 3. The smallest absolute Gasteiger partial charge is 0.250 e. The van der Waals surface area contributed by atoms with Crippen LogP contribution in [0.15, 0.2) is 54.6 Å². The Balaban J connectivity index is 1.73. The average molecular weight is 402 g/mol. The van der Waals surface area contributed by atoms with Gasteiger partial charge in [0.05, 0.1) is 11.1 Å². The number of piperazine rings is 1. The Morgan fingerprint density at radius 1 is 1.00 bits per heavy atom. The summed E-state index contributed by atoms with van der Waals surface area (Å²) in [5, 5.41) is 1.76. The van der Waals surface area contributed by atoms with E-state index in [9.17, 15) is 9.18 Å². The van der Waals surface area contributed by atoms with Crippen molar-refractivity contribution in [1.29, 1.82) is 0 Å². The third kappa shape index (κ3) is 3.00. The van der Waals surface area contributed by atoms with Crippen LogP contribution in [0.2, 0.25) is 0 Å². The molecule has 0 saturated carbocycles. The van der Waals surface area contributed by atoms with E-state index < -0.39 is 5.91 Å². The van der Waals surface area contributed by atoms with E-state index in [1.165, 1.54) is 6.07 Å². The van der Waals surface area contributed by atoms with Crippen molar-refractivity contribution in [1.82, 2.24) is 9.88 Å². The maximum Gasteiger partial charge on any atom is 0.250 e. The number of hydrogen-bond acceptors (Lipinski definition) is 3. The SMILES string of the molecule is CN1CCN(c2ccc3c(c2)[nH]c2c(C(N)=O)ccc(-c4ccccc4F)c23)CC1. The second kappa shape index (κ2) is 7.15. The van der Waals surface area contributed by atoms with Crippen LogP contribution in [-0.2, 0) is 0 Å². The van der Waals surface area contributed by atoms with E-state index in [1.807, 2.05) is 6.07 Å². The molecule has 3 aromatic carbocycles. The van der Waals surface area contributed by atoms with Gasteiger partial charge in [-0.2, -0.15) is 0 Å². The number of nitrogens with two attached hydrogens (primary N) is 1. The highest BCUT2D eigenvalue weighted by Gasteiger charge is 2.20. The largest absolute Gasteiger partial charge is 0.369 e. The number of primary amides is 1. The molecule has 152 valence electrons. The van der Waals surface area contributed by atoms with Crippen molar-refractivity contribution >= 4 is 33.4 Å². The number of H-pyrrole nitrogens is 1. The molecule has 0 radical (unpaired) electrons. The van der Waals surface area contributed by atoms with Crippen molar-refractivity contribution in [2.75, 3.05) is 38.1 Å². The van der Waals surface area contributed by atoms with Gasteiger partial charge >= 0.3 is 0 Å². The van der Waals surface area contributed by atoms with Crippen molar-refractivity contribution < 1.29 is 9.18 Å². The number of nitrogens with one attached hydrogen (secondary N) is 1. The first-order valence-corrected chi connectivity index (χ1v) is 10.1. The highest BCUT2D eigenvalue weighted by molar-refractivity contribution is 6.20. The fourth-order valence-corrected chi connectivity index (χ4v) is 4.37. The number of amides is 1. The van der Waals surface area contributed by atoms with Crippen molar-refractivity contribution in [2.45, 2.75) is 0 Å². The van der Waals surface area contributed by atoms with E-state index in [2.05, 4.69) is 40.0 Å². The van der Waals surface area contributed by atoms with E-state index >= 15 is 0 Å². The summed E-state index contributed by atoms with van der Waals surface area (Å²) in [5.41, 5.74) is 9.98. The molecule has 2 heterocycles. The highest BCUT2D eigenvalue weighted by atomic mass is 19.1. The molecule has 0 bridgehead atoms. The predicted octanol–water partition coefficient (Wildman–Crippen LogP) is 3.98. The van der Waals surface area contributed by atoms with Gasteiger partial charge in [0.25, 0.3) is 5.91 Å². The fraction of sp³-hybridized carbons (Fsp3) is 0.208. The summed E-state index contributed by atoms with van der Waals surface area (Å²) in [4.78, 5) is 20.1. The lowest BCUT2D eigenvalue weighted by Gasteiger charge is -2.34. The molecule has 1 fully saturated rings. The van der Waals surface area contributed by atoms with Crippen LogP contribution in [0.1, 0.15) is 10.4 Å². The average Bonchev–Trinajstić information content (AvgIpc) is 3.12. The maximum absolute atomic E-state index is 14.6. The van der Waals surface area contributed by atoms with Gasteiger partial charge in [-0.1, -0.05) is 30.3 Å².